The summed E-state index contributed by atoms with van der Waals surface area (Å²) in [5.74, 6) is 0.977. The van der Waals surface area contributed by atoms with Crippen LogP contribution in [0.2, 0.25) is 0 Å². The number of fused-ring (bicyclic) bond motifs is 1. The first-order chi connectivity index (χ1) is 11.3. The second-order valence-electron chi connectivity index (χ2n) is 5.08. The van der Waals surface area contributed by atoms with E-state index in [1.165, 1.54) is 0 Å². The third-order valence-electron chi connectivity index (χ3n) is 3.54. The predicted molar refractivity (Wildman–Crippen MR) is 88.2 cm³/mol. The zero-order valence-electron chi connectivity index (χ0n) is 12.9. The molecule has 0 saturated heterocycles. The summed E-state index contributed by atoms with van der Waals surface area (Å²) in [7, 11) is 0. The van der Waals surface area contributed by atoms with Crippen molar-refractivity contribution in [1.29, 1.82) is 0 Å². The zero-order chi connectivity index (χ0) is 16.1. The van der Waals surface area contributed by atoms with Crippen molar-refractivity contribution in [1.82, 2.24) is 5.43 Å². The third-order valence-corrected chi connectivity index (χ3v) is 3.54. The standard InChI is InChI=1S/C18H18N2O3/c1-2-15(13-6-4-3-5-7-13)19-20-18(21)14-8-9-16-17(12-14)23-11-10-22-16/h3-9,12H,2,10-11H2,1H3,(H,20,21). The number of benzene rings is 2. The average molecular weight is 310 g/mol. The van der Waals surface area contributed by atoms with Crippen LogP contribution in [0.3, 0.4) is 0 Å². The van der Waals surface area contributed by atoms with Crippen LogP contribution in [0.5, 0.6) is 11.5 Å². The largest absolute Gasteiger partial charge is 0.486 e. The van der Waals surface area contributed by atoms with Gasteiger partial charge in [0.05, 0.1) is 5.71 Å². The summed E-state index contributed by atoms with van der Waals surface area (Å²) < 4.78 is 10.9. The van der Waals surface area contributed by atoms with Gasteiger partial charge in [0.25, 0.3) is 5.91 Å². The molecule has 0 spiro atoms. The van der Waals surface area contributed by atoms with E-state index in [0.717, 1.165) is 17.7 Å². The number of amides is 1. The monoisotopic (exact) mass is 310 g/mol. The Morgan fingerprint density at radius 1 is 1.04 bits per heavy atom. The lowest BCUT2D eigenvalue weighted by Gasteiger charge is -2.18. The summed E-state index contributed by atoms with van der Waals surface area (Å²) >= 11 is 0. The fraction of sp³-hybridized carbons (Fsp3) is 0.222. The van der Waals surface area contributed by atoms with Crippen LogP contribution in [0, 0.1) is 0 Å². The highest BCUT2D eigenvalue weighted by molar-refractivity contribution is 6.02. The van der Waals surface area contributed by atoms with Gasteiger partial charge in [-0.3, -0.25) is 4.79 Å². The second kappa shape index (κ2) is 6.96. The van der Waals surface area contributed by atoms with Gasteiger partial charge in [0.15, 0.2) is 11.5 Å². The number of ether oxygens (including phenoxy) is 2. The first-order valence-corrected chi connectivity index (χ1v) is 7.60. The summed E-state index contributed by atoms with van der Waals surface area (Å²) in [5, 5.41) is 4.25. The number of hydrogen-bond donors (Lipinski definition) is 1. The summed E-state index contributed by atoms with van der Waals surface area (Å²) in [5.41, 5.74) is 4.92. The molecule has 1 amide bonds. The van der Waals surface area contributed by atoms with Crippen LogP contribution in [-0.2, 0) is 0 Å². The topological polar surface area (TPSA) is 59.9 Å². The van der Waals surface area contributed by atoms with Crippen molar-refractivity contribution in [2.45, 2.75) is 13.3 Å². The number of nitrogens with zero attached hydrogens (tertiary/aromatic N) is 1. The number of rotatable bonds is 4. The van der Waals surface area contributed by atoms with E-state index in [9.17, 15) is 4.79 Å². The lowest BCUT2D eigenvalue weighted by Crippen LogP contribution is -2.21. The molecule has 23 heavy (non-hydrogen) atoms. The van der Waals surface area contributed by atoms with Gasteiger partial charge in [-0.05, 0) is 30.2 Å². The molecular weight excluding hydrogens is 292 g/mol. The normalized spacial score (nSPS) is 13.5. The van der Waals surface area contributed by atoms with Crippen molar-refractivity contribution < 1.29 is 14.3 Å². The summed E-state index contributed by atoms with van der Waals surface area (Å²) in [4.78, 5) is 12.3. The Balaban J connectivity index is 1.75. The van der Waals surface area contributed by atoms with E-state index in [2.05, 4.69) is 10.5 Å². The molecule has 0 aromatic heterocycles. The SMILES string of the molecule is CCC(=NNC(=O)c1ccc2c(c1)OCCO2)c1ccccc1. The van der Waals surface area contributed by atoms with E-state index in [4.69, 9.17) is 9.47 Å². The number of carbonyl (C=O) groups excluding carboxylic acids is 1. The van der Waals surface area contributed by atoms with Gasteiger partial charge in [-0.25, -0.2) is 5.43 Å². The number of nitrogens with one attached hydrogen (secondary N) is 1. The molecule has 0 bridgehead atoms. The van der Waals surface area contributed by atoms with Gasteiger partial charge in [-0.1, -0.05) is 37.3 Å². The zero-order valence-corrected chi connectivity index (χ0v) is 12.9. The Hall–Kier alpha value is -2.82. The Morgan fingerprint density at radius 3 is 2.52 bits per heavy atom. The van der Waals surface area contributed by atoms with Crippen molar-refractivity contribution in [3.63, 3.8) is 0 Å². The van der Waals surface area contributed by atoms with Crippen LogP contribution in [0.4, 0.5) is 0 Å². The average Bonchev–Trinajstić information content (AvgIpc) is 2.62. The molecule has 3 rings (SSSR count). The van der Waals surface area contributed by atoms with Gasteiger partial charge in [-0.2, -0.15) is 5.10 Å². The Labute approximate surface area is 134 Å². The minimum absolute atomic E-state index is 0.274. The minimum atomic E-state index is -0.274. The van der Waals surface area contributed by atoms with Crippen LogP contribution < -0.4 is 14.9 Å². The van der Waals surface area contributed by atoms with Crippen molar-refractivity contribution in [2.75, 3.05) is 13.2 Å². The van der Waals surface area contributed by atoms with Crippen LogP contribution in [-0.4, -0.2) is 24.8 Å². The number of hydrogen-bond acceptors (Lipinski definition) is 4. The highest BCUT2D eigenvalue weighted by Crippen LogP contribution is 2.30. The van der Waals surface area contributed by atoms with Crippen LogP contribution in [0.25, 0.3) is 0 Å². The molecule has 5 heteroatoms. The van der Waals surface area contributed by atoms with Gasteiger partial charge in [0.1, 0.15) is 13.2 Å². The third kappa shape index (κ3) is 3.51. The van der Waals surface area contributed by atoms with Gasteiger partial charge < -0.3 is 9.47 Å². The van der Waals surface area contributed by atoms with Gasteiger partial charge in [0, 0.05) is 5.56 Å². The maximum atomic E-state index is 12.3. The lowest BCUT2D eigenvalue weighted by molar-refractivity contribution is 0.0953. The van der Waals surface area contributed by atoms with Gasteiger partial charge in [0.2, 0.25) is 0 Å². The van der Waals surface area contributed by atoms with Crippen LogP contribution >= 0.6 is 0 Å². The number of hydrazone groups is 1. The minimum Gasteiger partial charge on any atom is -0.486 e. The molecule has 2 aromatic carbocycles. The summed E-state index contributed by atoms with van der Waals surface area (Å²) in [6.45, 7) is 3.02. The molecule has 1 aliphatic heterocycles. The van der Waals surface area contributed by atoms with Gasteiger partial charge in [-0.15, -0.1) is 0 Å². The van der Waals surface area contributed by atoms with Crippen LogP contribution in [0.1, 0.15) is 29.3 Å². The lowest BCUT2D eigenvalue weighted by atomic mass is 10.1. The molecule has 1 N–H and O–H groups in total. The van der Waals surface area contributed by atoms with E-state index in [1.807, 2.05) is 37.3 Å². The molecule has 0 unspecified atom stereocenters. The van der Waals surface area contributed by atoms with Crippen molar-refractivity contribution in [3.05, 3.63) is 59.7 Å². The number of carbonyl (C=O) groups is 1. The van der Waals surface area contributed by atoms with E-state index >= 15 is 0 Å². The fourth-order valence-electron chi connectivity index (χ4n) is 2.35. The van der Waals surface area contributed by atoms with E-state index in [0.29, 0.717) is 30.3 Å². The fourth-order valence-corrected chi connectivity index (χ4v) is 2.35. The first kappa shape index (κ1) is 15.1. The molecule has 0 radical (unpaired) electrons. The maximum absolute atomic E-state index is 12.3. The first-order valence-electron chi connectivity index (χ1n) is 7.60. The molecule has 0 fully saturated rings. The van der Waals surface area contributed by atoms with Crippen molar-refractivity contribution >= 4 is 11.6 Å². The molecule has 0 saturated carbocycles. The Morgan fingerprint density at radius 2 is 1.78 bits per heavy atom. The summed E-state index contributed by atoms with van der Waals surface area (Å²) in [6.07, 6.45) is 0.728. The second-order valence-corrected chi connectivity index (χ2v) is 5.08. The molecular formula is C18H18N2O3. The van der Waals surface area contributed by atoms with Crippen molar-refractivity contribution in [2.24, 2.45) is 5.10 Å². The predicted octanol–water partition coefficient (Wildman–Crippen LogP) is 3.00. The smallest absolute Gasteiger partial charge is 0.271 e. The van der Waals surface area contributed by atoms with E-state index < -0.39 is 0 Å². The molecule has 0 atom stereocenters. The Bertz CT molecular complexity index is 726. The molecule has 2 aromatic rings. The molecule has 1 heterocycles. The van der Waals surface area contributed by atoms with Crippen molar-refractivity contribution in [3.8, 4) is 11.5 Å². The summed E-state index contributed by atoms with van der Waals surface area (Å²) in [6, 6.07) is 14.9. The Kier molecular flexibility index (Phi) is 4.57. The van der Waals surface area contributed by atoms with Gasteiger partial charge >= 0.3 is 0 Å². The molecule has 5 nitrogen and oxygen atoms in total. The van der Waals surface area contributed by atoms with E-state index in [1.54, 1.807) is 18.2 Å². The van der Waals surface area contributed by atoms with Crippen LogP contribution in [0.15, 0.2) is 53.6 Å². The molecule has 1 aliphatic rings. The van der Waals surface area contributed by atoms with E-state index in [-0.39, 0.29) is 5.91 Å². The molecule has 118 valence electrons. The quantitative estimate of drug-likeness (QED) is 0.697. The highest BCUT2D eigenvalue weighted by atomic mass is 16.6. The highest BCUT2D eigenvalue weighted by Gasteiger charge is 2.14. The maximum Gasteiger partial charge on any atom is 0.271 e. The molecule has 0 aliphatic carbocycles.